The van der Waals surface area contributed by atoms with Crippen molar-refractivity contribution >= 4 is 11.6 Å². The van der Waals surface area contributed by atoms with Crippen LogP contribution in [0.15, 0.2) is 24.4 Å². The summed E-state index contributed by atoms with van der Waals surface area (Å²) in [5, 5.41) is 7.81. The molecule has 0 bridgehead atoms. The van der Waals surface area contributed by atoms with Crippen molar-refractivity contribution in [3.05, 3.63) is 47.3 Å². The standard InChI is InChI=1S/C12H12ClF2N3/c13-5-1-2-11-8-18(17-16-11)7-9-6-10(14)3-4-12(9)15/h3-4,6,8H,1-2,5,7H2. The summed E-state index contributed by atoms with van der Waals surface area (Å²) in [4.78, 5) is 0. The number of aromatic nitrogens is 3. The van der Waals surface area contributed by atoms with E-state index in [-0.39, 0.29) is 12.1 Å². The van der Waals surface area contributed by atoms with Gasteiger partial charge in [0, 0.05) is 17.6 Å². The molecule has 6 heteroatoms. The van der Waals surface area contributed by atoms with Gasteiger partial charge in [-0.25, -0.2) is 13.5 Å². The lowest BCUT2D eigenvalue weighted by Crippen LogP contribution is -2.03. The zero-order valence-corrected chi connectivity index (χ0v) is 10.4. The average Bonchev–Trinajstić information content (AvgIpc) is 2.79. The van der Waals surface area contributed by atoms with Gasteiger partial charge in [0.1, 0.15) is 11.6 Å². The molecule has 2 rings (SSSR count). The largest absolute Gasteiger partial charge is 0.248 e. The molecule has 0 fully saturated rings. The molecule has 1 heterocycles. The molecule has 3 nitrogen and oxygen atoms in total. The minimum Gasteiger partial charge on any atom is -0.248 e. The molecule has 0 saturated heterocycles. The van der Waals surface area contributed by atoms with Crippen molar-refractivity contribution in [2.45, 2.75) is 19.4 Å². The predicted octanol–water partition coefficient (Wildman–Crippen LogP) is 2.78. The predicted molar refractivity (Wildman–Crippen MR) is 64.5 cm³/mol. The highest BCUT2D eigenvalue weighted by Crippen LogP contribution is 2.11. The van der Waals surface area contributed by atoms with E-state index >= 15 is 0 Å². The Morgan fingerprint density at radius 3 is 2.89 bits per heavy atom. The van der Waals surface area contributed by atoms with Gasteiger partial charge in [-0.05, 0) is 31.0 Å². The third-order valence-electron chi connectivity index (χ3n) is 2.49. The molecule has 1 aromatic heterocycles. The molecule has 2 aromatic rings. The van der Waals surface area contributed by atoms with Crippen LogP contribution in [-0.2, 0) is 13.0 Å². The number of hydrogen-bond donors (Lipinski definition) is 0. The van der Waals surface area contributed by atoms with Crippen LogP contribution in [0.2, 0.25) is 0 Å². The van der Waals surface area contributed by atoms with Gasteiger partial charge in [-0.2, -0.15) is 0 Å². The lowest BCUT2D eigenvalue weighted by molar-refractivity contribution is 0.560. The number of alkyl halides is 1. The van der Waals surface area contributed by atoms with E-state index in [0.29, 0.717) is 5.88 Å². The summed E-state index contributed by atoms with van der Waals surface area (Å²) in [5.41, 5.74) is 1.05. The first-order valence-electron chi connectivity index (χ1n) is 5.58. The first-order chi connectivity index (χ1) is 8.69. The highest BCUT2D eigenvalue weighted by atomic mass is 35.5. The number of halogens is 3. The Morgan fingerprint density at radius 1 is 1.28 bits per heavy atom. The molecule has 0 aliphatic heterocycles. The number of hydrogen-bond acceptors (Lipinski definition) is 2. The van der Waals surface area contributed by atoms with Crippen LogP contribution in [0, 0.1) is 11.6 Å². The topological polar surface area (TPSA) is 30.7 Å². The summed E-state index contributed by atoms with van der Waals surface area (Å²) < 4.78 is 27.9. The lowest BCUT2D eigenvalue weighted by atomic mass is 10.2. The van der Waals surface area contributed by atoms with Crippen molar-refractivity contribution in [3.63, 3.8) is 0 Å². The molecule has 0 spiro atoms. The number of rotatable bonds is 5. The first-order valence-corrected chi connectivity index (χ1v) is 6.11. The third kappa shape index (κ3) is 3.26. The number of benzene rings is 1. The Bertz CT molecular complexity index is 528. The van der Waals surface area contributed by atoms with Gasteiger partial charge in [0.05, 0.1) is 12.2 Å². The second-order valence-corrected chi connectivity index (χ2v) is 4.31. The molecular formula is C12H12ClF2N3. The molecule has 18 heavy (non-hydrogen) atoms. The number of nitrogens with zero attached hydrogens (tertiary/aromatic N) is 3. The van der Waals surface area contributed by atoms with Crippen molar-refractivity contribution in [1.29, 1.82) is 0 Å². The summed E-state index contributed by atoms with van der Waals surface area (Å²) in [6.45, 7) is 0.164. The molecule has 0 aliphatic carbocycles. The van der Waals surface area contributed by atoms with E-state index in [2.05, 4.69) is 10.3 Å². The van der Waals surface area contributed by atoms with Crippen molar-refractivity contribution in [3.8, 4) is 0 Å². The van der Waals surface area contributed by atoms with Crippen LogP contribution in [0.1, 0.15) is 17.7 Å². The first kappa shape index (κ1) is 13.0. The molecule has 0 unspecified atom stereocenters. The smallest absolute Gasteiger partial charge is 0.128 e. The summed E-state index contributed by atoms with van der Waals surface area (Å²) in [6, 6.07) is 3.36. The van der Waals surface area contributed by atoms with E-state index in [1.165, 1.54) is 4.68 Å². The lowest BCUT2D eigenvalue weighted by Gasteiger charge is -2.02. The van der Waals surface area contributed by atoms with Gasteiger partial charge in [-0.3, -0.25) is 0 Å². The van der Waals surface area contributed by atoms with Crippen molar-refractivity contribution < 1.29 is 8.78 Å². The van der Waals surface area contributed by atoms with Crippen LogP contribution in [-0.4, -0.2) is 20.9 Å². The van der Waals surface area contributed by atoms with E-state index in [4.69, 9.17) is 11.6 Å². The Balaban J connectivity index is 2.08. The maximum atomic E-state index is 13.4. The van der Waals surface area contributed by atoms with E-state index in [1.807, 2.05) is 0 Å². The Labute approximate surface area is 108 Å². The normalized spacial score (nSPS) is 10.8. The van der Waals surface area contributed by atoms with Gasteiger partial charge >= 0.3 is 0 Å². The van der Waals surface area contributed by atoms with Gasteiger partial charge in [-0.15, -0.1) is 16.7 Å². The molecular weight excluding hydrogens is 260 g/mol. The van der Waals surface area contributed by atoms with Gasteiger partial charge < -0.3 is 0 Å². The minimum absolute atomic E-state index is 0.164. The van der Waals surface area contributed by atoms with Crippen molar-refractivity contribution in [2.75, 3.05) is 5.88 Å². The van der Waals surface area contributed by atoms with Gasteiger partial charge in [0.25, 0.3) is 0 Å². The second kappa shape index (κ2) is 5.91. The van der Waals surface area contributed by atoms with Crippen molar-refractivity contribution in [2.24, 2.45) is 0 Å². The van der Waals surface area contributed by atoms with Crippen LogP contribution >= 0.6 is 11.6 Å². The fraction of sp³-hybridized carbons (Fsp3) is 0.333. The highest BCUT2D eigenvalue weighted by molar-refractivity contribution is 6.17. The van der Waals surface area contributed by atoms with Crippen LogP contribution in [0.4, 0.5) is 8.78 Å². The molecule has 1 aromatic carbocycles. The minimum atomic E-state index is -0.464. The summed E-state index contributed by atoms with van der Waals surface area (Å²) in [7, 11) is 0. The Hall–Kier alpha value is -1.49. The zero-order valence-electron chi connectivity index (χ0n) is 9.61. The van der Waals surface area contributed by atoms with Gasteiger partial charge in [-0.1, -0.05) is 5.21 Å². The highest BCUT2D eigenvalue weighted by Gasteiger charge is 2.06. The van der Waals surface area contributed by atoms with Crippen LogP contribution in [0.25, 0.3) is 0 Å². The SMILES string of the molecule is Fc1ccc(F)c(Cn2cc(CCCCl)nn2)c1. The maximum absolute atomic E-state index is 13.4. The summed E-state index contributed by atoms with van der Waals surface area (Å²) >= 11 is 5.58. The van der Waals surface area contributed by atoms with Crippen LogP contribution in [0.5, 0.6) is 0 Å². The van der Waals surface area contributed by atoms with Gasteiger partial charge in [0.15, 0.2) is 0 Å². The monoisotopic (exact) mass is 271 g/mol. The molecule has 0 N–H and O–H groups in total. The zero-order chi connectivity index (χ0) is 13.0. The summed E-state index contributed by atoms with van der Waals surface area (Å²) in [6.07, 6.45) is 3.26. The molecule has 0 aliphatic rings. The quantitative estimate of drug-likeness (QED) is 0.783. The van der Waals surface area contributed by atoms with Crippen LogP contribution in [0.3, 0.4) is 0 Å². The maximum Gasteiger partial charge on any atom is 0.128 e. The molecule has 0 atom stereocenters. The molecule has 0 saturated carbocycles. The Morgan fingerprint density at radius 2 is 2.11 bits per heavy atom. The third-order valence-corrected chi connectivity index (χ3v) is 2.76. The fourth-order valence-electron chi connectivity index (χ4n) is 1.62. The van der Waals surface area contributed by atoms with Gasteiger partial charge in [0.2, 0.25) is 0 Å². The van der Waals surface area contributed by atoms with E-state index < -0.39 is 11.6 Å². The average molecular weight is 272 g/mol. The molecule has 96 valence electrons. The van der Waals surface area contributed by atoms with E-state index in [9.17, 15) is 8.78 Å². The molecule has 0 amide bonds. The Kier molecular flexibility index (Phi) is 4.25. The van der Waals surface area contributed by atoms with Crippen molar-refractivity contribution in [1.82, 2.24) is 15.0 Å². The van der Waals surface area contributed by atoms with Crippen LogP contribution < -0.4 is 0 Å². The fourth-order valence-corrected chi connectivity index (χ4v) is 1.75. The molecule has 0 radical (unpaired) electrons. The van der Waals surface area contributed by atoms with E-state index in [1.54, 1.807) is 6.20 Å². The number of aryl methyl sites for hydroxylation is 1. The second-order valence-electron chi connectivity index (χ2n) is 3.94. The summed E-state index contributed by atoms with van der Waals surface area (Å²) in [5.74, 6) is -0.353. The van der Waals surface area contributed by atoms with E-state index in [0.717, 1.165) is 36.7 Å².